The van der Waals surface area contributed by atoms with Crippen LogP contribution in [0.2, 0.25) is 0 Å². The normalized spacial score (nSPS) is 14.0. The predicted octanol–water partition coefficient (Wildman–Crippen LogP) is 3.05. The number of carbonyl (C=O) groups excluding carboxylic acids is 1. The number of hydrogen-bond acceptors (Lipinski definition) is 3. The zero-order valence-corrected chi connectivity index (χ0v) is 12.7. The molecule has 4 rings (SSSR count). The molecule has 0 radical (unpaired) electrons. The van der Waals surface area contributed by atoms with Gasteiger partial charge in [0.1, 0.15) is 0 Å². The molecule has 3 aromatic rings. The molecular weight excluding hydrogens is 298 g/mol. The first-order chi connectivity index (χ1) is 10.7. The Balaban J connectivity index is 1.62. The summed E-state index contributed by atoms with van der Waals surface area (Å²) in [6.45, 7) is 0. The second kappa shape index (κ2) is 5.14. The average molecular weight is 313 g/mol. The van der Waals surface area contributed by atoms with Gasteiger partial charge in [-0.3, -0.25) is 4.79 Å². The van der Waals surface area contributed by atoms with Gasteiger partial charge in [-0.05, 0) is 49.4 Å². The van der Waals surface area contributed by atoms with Gasteiger partial charge in [0, 0.05) is 15.9 Å². The number of benzene rings is 1. The number of thiophene rings is 1. The van der Waals surface area contributed by atoms with Gasteiger partial charge >= 0.3 is 5.69 Å². The van der Waals surface area contributed by atoms with E-state index in [1.807, 2.05) is 5.38 Å². The van der Waals surface area contributed by atoms with Crippen molar-refractivity contribution in [1.82, 2.24) is 9.97 Å². The molecule has 0 saturated heterocycles. The highest BCUT2D eigenvalue weighted by Crippen LogP contribution is 2.30. The van der Waals surface area contributed by atoms with Crippen LogP contribution in [0.3, 0.4) is 0 Å². The Kier molecular flexibility index (Phi) is 3.11. The van der Waals surface area contributed by atoms with Crippen molar-refractivity contribution in [3.05, 3.63) is 50.1 Å². The van der Waals surface area contributed by atoms with Gasteiger partial charge in [0.2, 0.25) is 0 Å². The molecule has 0 bridgehead atoms. The lowest BCUT2D eigenvalue weighted by molar-refractivity contribution is 0.102. The fourth-order valence-electron chi connectivity index (χ4n) is 2.99. The van der Waals surface area contributed by atoms with Crippen LogP contribution in [0.4, 0.5) is 5.69 Å². The average Bonchev–Trinajstić information content (AvgIpc) is 3.09. The van der Waals surface area contributed by atoms with E-state index < -0.39 is 0 Å². The number of carbonyl (C=O) groups is 1. The van der Waals surface area contributed by atoms with Crippen LogP contribution in [0.25, 0.3) is 11.0 Å². The molecule has 1 aliphatic carbocycles. The molecule has 6 heteroatoms. The minimum Gasteiger partial charge on any atom is -0.322 e. The van der Waals surface area contributed by atoms with E-state index in [0.29, 0.717) is 11.2 Å². The number of aryl methyl sites for hydroxylation is 1. The van der Waals surface area contributed by atoms with E-state index in [4.69, 9.17) is 0 Å². The predicted molar refractivity (Wildman–Crippen MR) is 87.8 cm³/mol. The number of aromatic nitrogens is 2. The lowest BCUT2D eigenvalue weighted by atomic mass is 9.95. The number of rotatable bonds is 2. The number of anilines is 1. The summed E-state index contributed by atoms with van der Waals surface area (Å²) >= 11 is 1.68. The van der Waals surface area contributed by atoms with Gasteiger partial charge in [0.15, 0.2) is 0 Å². The number of hydrogen-bond donors (Lipinski definition) is 3. The Morgan fingerprint density at radius 2 is 1.95 bits per heavy atom. The first kappa shape index (κ1) is 13.3. The minimum atomic E-state index is -0.245. The van der Waals surface area contributed by atoms with Crippen LogP contribution in [0.15, 0.2) is 28.4 Å². The molecule has 5 nitrogen and oxygen atoms in total. The van der Waals surface area contributed by atoms with Gasteiger partial charge in [-0.25, -0.2) is 4.79 Å². The third-order valence-electron chi connectivity index (χ3n) is 4.08. The summed E-state index contributed by atoms with van der Waals surface area (Å²) in [6.07, 6.45) is 4.45. The molecule has 3 N–H and O–H groups in total. The fourth-order valence-corrected chi connectivity index (χ4v) is 4.12. The molecule has 0 spiro atoms. The number of H-pyrrole nitrogens is 2. The van der Waals surface area contributed by atoms with Crippen LogP contribution in [0, 0.1) is 0 Å². The summed E-state index contributed by atoms with van der Waals surface area (Å²) in [5.41, 5.74) is 3.87. The van der Waals surface area contributed by atoms with Crippen molar-refractivity contribution in [2.24, 2.45) is 0 Å². The molecule has 0 saturated carbocycles. The van der Waals surface area contributed by atoms with Crippen molar-refractivity contribution in [3.63, 3.8) is 0 Å². The molecule has 112 valence electrons. The standard InChI is InChI=1S/C16H15N3O2S/c20-15(11-8-22-14-4-2-1-3-10(11)14)17-9-5-6-12-13(7-9)19-16(21)18-12/h5-8H,1-4H2,(H,17,20)(H2,18,19,21). The van der Waals surface area contributed by atoms with Gasteiger partial charge in [0.25, 0.3) is 5.91 Å². The quantitative estimate of drug-likeness (QED) is 0.680. The Morgan fingerprint density at radius 3 is 2.86 bits per heavy atom. The molecule has 0 atom stereocenters. The van der Waals surface area contributed by atoms with Crippen molar-refractivity contribution >= 4 is 34.0 Å². The number of imidazole rings is 1. The molecular formula is C16H15N3O2S. The summed E-state index contributed by atoms with van der Waals surface area (Å²) in [5, 5.41) is 4.89. The van der Waals surface area contributed by atoms with Crippen molar-refractivity contribution in [1.29, 1.82) is 0 Å². The molecule has 0 fully saturated rings. The fraction of sp³-hybridized carbons (Fsp3) is 0.250. The first-order valence-corrected chi connectivity index (χ1v) is 8.21. The smallest absolute Gasteiger partial charge is 0.322 e. The number of fused-ring (bicyclic) bond motifs is 2. The van der Waals surface area contributed by atoms with Crippen molar-refractivity contribution in [3.8, 4) is 0 Å². The molecule has 22 heavy (non-hydrogen) atoms. The lowest BCUT2D eigenvalue weighted by Crippen LogP contribution is -2.14. The summed E-state index contributed by atoms with van der Waals surface area (Å²) in [4.78, 5) is 30.5. The van der Waals surface area contributed by atoms with Crippen molar-refractivity contribution in [2.75, 3.05) is 5.32 Å². The maximum atomic E-state index is 12.5. The van der Waals surface area contributed by atoms with Gasteiger partial charge in [0.05, 0.1) is 16.6 Å². The summed E-state index contributed by atoms with van der Waals surface area (Å²) in [6, 6.07) is 5.35. The third-order valence-corrected chi connectivity index (χ3v) is 5.17. The van der Waals surface area contributed by atoms with E-state index in [2.05, 4.69) is 15.3 Å². The van der Waals surface area contributed by atoms with Gasteiger partial charge < -0.3 is 15.3 Å². The number of aromatic amines is 2. The molecule has 2 heterocycles. The highest BCUT2D eigenvalue weighted by atomic mass is 32.1. The number of nitrogens with one attached hydrogen (secondary N) is 3. The van der Waals surface area contributed by atoms with Crippen LogP contribution in [0.5, 0.6) is 0 Å². The molecule has 0 aliphatic heterocycles. The Bertz CT molecular complexity index is 919. The first-order valence-electron chi connectivity index (χ1n) is 7.33. The topological polar surface area (TPSA) is 77.8 Å². The molecule has 1 aliphatic rings. The Hall–Kier alpha value is -2.34. The van der Waals surface area contributed by atoms with Gasteiger partial charge in [-0.15, -0.1) is 11.3 Å². The zero-order valence-electron chi connectivity index (χ0n) is 11.9. The minimum absolute atomic E-state index is 0.0726. The molecule has 1 aromatic carbocycles. The molecule has 1 amide bonds. The SMILES string of the molecule is O=C(Nc1ccc2[nH]c(=O)[nH]c2c1)c1csc2c1CCCC2. The second-order valence-corrected chi connectivity index (χ2v) is 6.52. The molecule has 0 unspecified atom stereocenters. The van der Waals surface area contributed by atoms with Gasteiger partial charge in [-0.1, -0.05) is 0 Å². The molecule has 2 aromatic heterocycles. The maximum absolute atomic E-state index is 12.5. The van der Waals surface area contributed by atoms with Crippen molar-refractivity contribution in [2.45, 2.75) is 25.7 Å². The van der Waals surface area contributed by atoms with Gasteiger partial charge in [-0.2, -0.15) is 0 Å². The number of amides is 1. The highest BCUT2D eigenvalue weighted by Gasteiger charge is 2.20. The van der Waals surface area contributed by atoms with Crippen molar-refractivity contribution < 1.29 is 4.79 Å². The van der Waals surface area contributed by atoms with Crippen LogP contribution in [0.1, 0.15) is 33.6 Å². The maximum Gasteiger partial charge on any atom is 0.323 e. The van der Waals surface area contributed by atoms with Crippen LogP contribution in [-0.4, -0.2) is 15.9 Å². The van der Waals surface area contributed by atoms with Crippen LogP contribution < -0.4 is 11.0 Å². The third kappa shape index (κ3) is 2.25. The summed E-state index contributed by atoms with van der Waals surface area (Å²) in [7, 11) is 0. The lowest BCUT2D eigenvalue weighted by Gasteiger charge is -2.12. The van der Waals surface area contributed by atoms with E-state index >= 15 is 0 Å². The van der Waals surface area contributed by atoms with E-state index in [0.717, 1.165) is 30.3 Å². The van der Waals surface area contributed by atoms with Crippen LogP contribution in [-0.2, 0) is 12.8 Å². The van der Waals surface area contributed by atoms with E-state index in [-0.39, 0.29) is 11.6 Å². The largest absolute Gasteiger partial charge is 0.323 e. The highest BCUT2D eigenvalue weighted by molar-refractivity contribution is 7.10. The monoisotopic (exact) mass is 313 g/mol. The van der Waals surface area contributed by atoms with E-state index in [9.17, 15) is 9.59 Å². The van der Waals surface area contributed by atoms with Crippen LogP contribution >= 0.6 is 11.3 Å². The second-order valence-electron chi connectivity index (χ2n) is 5.55. The van der Waals surface area contributed by atoms with E-state index in [1.165, 1.54) is 16.9 Å². The summed E-state index contributed by atoms with van der Waals surface area (Å²) in [5.74, 6) is -0.0726. The Labute approximate surface area is 130 Å². The Morgan fingerprint density at radius 1 is 1.14 bits per heavy atom. The zero-order chi connectivity index (χ0) is 15.1. The van der Waals surface area contributed by atoms with E-state index in [1.54, 1.807) is 29.5 Å². The summed E-state index contributed by atoms with van der Waals surface area (Å²) < 4.78 is 0.